The van der Waals surface area contributed by atoms with Crippen molar-refractivity contribution in [2.24, 2.45) is 0 Å². The van der Waals surface area contributed by atoms with Gasteiger partial charge in [-0.2, -0.15) is 0 Å². The molecule has 1 N–H and O–H groups in total. The van der Waals surface area contributed by atoms with Crippen LogP contribution in [-0.2, 0) is 9.59 Å². The zero-order valence-electron chi connectivity index (χ0n) is 18.9. The number of amides is 1. The van der Waals surface area contributed by atoms with Gasteiger partial charge in [-0.25, -0.2) is 0 Å². The van der Waals surface area contributed by atoms with Gasteiger partial charge < -0.3 is 19.0 Å². The molecule has 1 saturated heterocycles. The van der Waals surface area contributed by atoms with Gasteiger partial charge in [0.15, 0.2) is 0 Å². The number of nitrogens with zero attached hydrogens (tertiary/aromatic N) is 1. The predicted octanol–water partition coefficient (Wildman–Crippen LogP) is 5.01. The van der Waals surface area contributed by atoms with Crippen LogP contribution in [0.15, 0.2) is 70.7 Å². The third kappa shape index (κ3) is 4.22. The minimum Gasteiger partial charge on any atom is -0.507 e. The van der Waals surface area contributed by atoms with E-state index in [0.29, 0.717) is 34.3 Å². The van der Waals surface area contributed by atoms with E-state index in [2.05, 4.69) is 0 Å². The first kappa shape index (κ1) is 22.2. The Kier molecular flexibility index (Phi) is 5.96. The Balaban J connectivity index is 1.89. The van der Waals surface area contributed by atoms with E-state index in [1.54, 1.807) is 67.6 Å². The van der Waals surface area contributed by atoms with Gasteiger partial charge in [0, 0.05) is 17.3 Å². The number of carbonyl (C=O) groups is 2. The zero-order valence-corrected chi connectivity index (χ0v) is 18.9. The number of aryl methyl sites for hydroxylation is 1. The number of benzene rings is 2. The largest absolute Gasteiger partial charge is 0.507 e. The fraction of sp³-hybridized carbons (Fsp3) is 0.231. The summed E-state index contributed by atoms with van der Waals surface area (Å²) in [5.74, 6) is 0.193. The van der Waals surface area contributed by atoms with Crippen LogP contribution in [0.2, 0.25) is 0 Å². The van der Waals surface area contributed by atoms with Crippen molar-refractivity contribution in [3.05, 3.63) is 83.3 Å². The maximum absolute atomic E-state index is 13.2. The second kappa shape index (κ2) is 8.86. The van der Waals surface area contributed by atoms with Crippen LogP contribution in [0.1, 0.15) is 37.0 Å². The molecular weight excluding hydrogens is 422 g/mol. The lowest BCUT2D eigenvalue weighted by Crippen LogP contribution is -2.29. The topological polar surface area (TPSA) is 89.2 Å². The minimum absolute atomic E-state index is 0.0566. The van der Waals surface area contributed by atoms with Crippen molar-refractivity contribution in [3.8, 4) is 11.5 Å². The smallest absolute Gasteiger partial charge is 0.300 e. The van der Waals surface area contributed by atoms with E-state index in [-0.39, 0.29) is 17.4 Å². The van der Waals surface area contributed by atoms with Crippen LogP contribution < -0.4 is 14.4 Å². The van der Waals surface area contributed by atoms with Crippen LogP contribution in [0.3, 0.4) is 0 Å². The lowest BCUT2D eigenvalue weighted by atomic mass is 9.99. The number of hydrogen-bond acceptors (Lipinski definition) is 6. The van der Waals surface area contributed by atoms with Crippen molar-refractivity contribution in [2.45, 2.75) is 32.9 Å². The molecular formula is C26H25NO6. The Hall–Kier alpha value is -4.00. The van der Waals surface area contributed by atoms with Crippen molar-refractivity contribution in [1.29, 1.82) is 0 Å². The highest BCUT2D eigenvalue weighted by Crippen LogP contribution is 2.43. The molecule has 2 heterocycles. The van der Waals surface area contributed by atoms with E-state index < -0.39 is 17.7 Å². The highest BCUT2D eigenvalue weighted by Gasteiger charge is 2.48. The summed E-state index contributed by atoms with van der Waals surface area (Å²) in [6.45, 7) is 5.56. The summed E-state index contributed by atoms with van der Waals surface area (Å²) in [5, 5.41) is 11.2. The van der Waals surface area contributed by atoms with Gasteiger partial charge in [-0.1, -0.05) is 18.2 Å². The maximum Gasteiger partial charge on any atom is 0.300 e. The molecule has 1 fully saturated rings. The number of aliphatic hydroxyl groups is 1. The molecule has 0 spiro atoms. The SMILES string of the molecule is COc1cccc(N2C(=O)C(=O)/C(=C(\O)c3cccc(OC(C)C)c3)C2c2ccc(C)o2)c1. The second-order valence-electron chi connectivity index (χ2n) is 8.01. The maximum atomic E-state index is 13.2. The van der Waals surface area contributed by atoms with Crippen molar-refractivity contribution in [1.82, 2.24) is 0 Å². The molecule has 0 saturated carbocycles. The van der Waals surface area contributed by atoms with E-state index in [1.807, 2.05) is 13.8 Å². The standard InChI is InChI=1S/C26H25NO6/c1-15(2)32-20-10-5-7-17(13-20)24(28)22-23(21-12-11-16(3)33-21)27(26(30)25(22)29)18-8-6-9-19(14-18)31-4/h5-15,23,28H,1-4H3/b24-22-. The molecule has 0 bridgehead atoms. The number of rotatable bonds is 6. The molecule has 33 heavy (non-hydrogen) atoms. The fourth-order valence-corrected chi connectivity index (χ4v) is 3.87. The summed E-state index contributed by atoms with van der Waals surface area (Å²) in [6, 6.07) is 16.1. The average molecular weight is 447 g/mol. The third-order valence-corrected chi connectivity index (χ3v) is 5.29. The first-order chi connectivity index (χ1) is 15.8. The van der Waals surface area contributed by atoms with Crippen LogP contribution in [0, 0.1) is 6.92 Å². The van der Waals surface area contributed by atoms with Gasteiger partial charge in [0.25, 0.3) is 11.7 Å². The molecule has 4 rings (SSSR count). The number of carbonyl (C=O) groups excluding carboxylic acids is 2. The Labute approximate surface area is 191 Å². The lowest BCUT2D eigenvalue weighted by Gasteiger charge is -2.23. The monoisotopic (exact) mass is 447 g/mol. The first-order valence-corrected chi connectivity index (χ1v) is 10.6. The van der Waals surface area contributed by atoms with Gasteiger partial charge in [-0.15, -0.1) is 0 Å². The van der Waals surface area contributed by atoms with Crippen molar-refractivity contribution < 1.29 is 28.6 Å². The molecule has 1 aliphatic rings. The van der Waals surface area contributed by atoms with Gasteiger partial charge >= 0.3 is 0 Å². The van der Waals surface area contributed by atoms with E-state index in [0.717, 1.165) is 0 Å². The molecule has 0 radical (unpaired) electrons. The van der Waals surface area contributed by atoms with Crippen LogP contribution in [-0.4, -0.2) is 30.0 Å². The number of hydrogen-bond donors (Lipinski definition) is 1. The highest BCUT2D eigenvalue weighted by molar-refractivity contribution is 6.51. The molecule has 2 aromatic carbocycles. The molecule has 170 valence electrons. The van der Waals surface area contributed by atoms with Crippen LogP contribution in [0.5, 0.6) is 11.5 Å². The number of ether oxygens (including phenoxy) is 2. The van der Waals surface area contributed by atoms with Gasteiger partial charge in [0.2, 0.25) is 0 Å². The van der Waals surface area contributed by atoms with Crippen molar-refractivity contribution >= 4 is 23.1 Å². The number of ketones is 1. The number of furan rings is 1. The van der Waals surface area contributed by atoms with Crippen LogP contribution in [0.4, 0.5) is 5.69 Å². The predicted molar refractivity (Wildman–Crippen MR) is 123 cm³/mol. The van der Waals surface area contributed by atoms with Gasteiger partial charge in [-0.05, 0) is 57.2 Å². The Bertz CT molecular complexity index is 1240. The van der Waals surface area contributed by atoms with E-state index >= 15 is 0 Å². The Morgan fingerprint density at radius 2 is 1.76 bits per heavy atom. The number of methoxy groups -OCH3 is 1. The first-order valence-electron chi connectivity index (χ1n) is 10.6. The van der Waals surface area contributed by atoms with E-state index in [9.17, 15) is 14.7 Å². The molecule has 3 aromatic rings. The molecule has 1 unspecified atom stereocenters. The molecule has 0 aliphatic carbocycles. The van der Waals surface area contributed by atoms with Crippen molar-refractivity contribution in [3.63, 3.8) is 0 Å². The van der Waals surface area contributed by atoms with Crippen LogP contribution >= 0.6 is 0 Å². The second-order valence-corrected chi connectivity index (χ2v) is 8.01. The number of aliphatic hydroxyl groups excluding tert-OH is 1. The van der Waals surface area contributed by atoms with E-state index in [1.165, 1.54) is 12.0 Å². The normalized spacial score (nSPS) is 17.6. The summed E-state index contributed by atoms with van der Waals surface area (Å²) in [7, 11) is 1.52. The number of anilines is 1. The highest BCUT2D eigenvalue weighted by atomic mass is 16.5. The molecule has 7 nitrogen and oxygen atoms in total. The van der Waals surface area contributed by atoms with Crippen LogP contribution in [0.25, 0.3) is 5.76 Å². The van der Waals surface area contributed by atoms with Gasteiger partial charge in [-0.3, -0.25) is 14.5 Å². The van der Waals surface area contributed by atoms with Gasteiger partial charge in [0.05, 0.1) is 18.8 Å². The molecule has 1 atom stereocenters. The minimum atomic E-state index is -0.944. The molecule has 7 heteroatoms. The quantitative estimate of drug-likeness (QED) is 0.325. The zero-order chi connectivity index (χ0) is 23.7. The summed E-state index contributed by atoms with van der Waals surface area (Å²) < 4.78 is 16.8. The summed E-state index contributed by atoms with van der Waals surface area (Å²) in [6.07, 6.45) is -0.0628. The molecule has 1 aliphatic heterocycles. The summed E-state index contributed by atoms with van der Waals surface area (Å²) >= 11 is 0. The Morgan fingerprint density at radius 1 is 1.03 bits per heavy atom. The lowest BCUT2D eigenvalue weighted by molar-refractivity contribution is -0.132. The third-order valence-electron chi connectivity index (χ3n) is 5.29. The average Bonchev–Trinajstić information content (AvgIpc) is 3.34. The summed E-state index contributed by atoms with van der Waals surface area (Å²) in [4.78, 5) is 27.7. The molecule has 1 aromatic heterocycles. The summed E-state index contributed by atoms with van der Waals surface area (Å²) in [5.41, 5.74) is 0.760. The fourth-order valence-electron chi connectivity index (χ4n) is 3.87. The van der Waals surface area contributed by atoms with Crippen molar-refractivity contribution in [2.75, 3.05) is 12.0 Å². The molecule has 1 amide bonds. The Morgan fingerprint density at radius 3 is 2.42 bits per heavy atom. The number of Topliss-reactive ketones (excluding diaryl/α,β-unsaturated/α-hetero) is 1. The van der Waals surface area contributed by atoms with Gasteiger partial charge in [0.1, 0.15) is 34.8 Å². The van der Waals surface area contributed by atoms with E-state index in [4.69, 9.17) is 13.9 Å².